The van der Waals surface area contributed by atoms with Gasteiger partial charge in [0.2, 0.25) is 5.91 Å². The smallest absolute Gasteiger partial charge is 0.255 e. The number of pyridine rings is 1. The standard InChI is InChI=1S/C24H29N3O3/c1-30-23-22(19-10-14-25-15-11-19)27(24(23)29)20-12-16-26(17-13-20)21(28)9-5-8-18-6-3-2-4-7-18/h2-4,6-7,10-11,14-15,20,22-23H,5,8-9,12-13,16-17H2,1H3/t22-,23+/m0/s1. The molecule has 1 aromatic heterocycles. The Hall–Kier alpha value is -2.73. The van der Waals surface area contributed by atoms with Gasteiger partial charge in [-0.2, -0.15) is 0 Å². The highest BCUT2D eigenvalue weighted by Gasteiger charge is 2.51. The summed E-state index contributed by atoms with van der Waals surface area (Å²) >= 11 is 0. The summed E-state index contributed by atoms with van der Waals surface area (Å²) < 4.78 is 5.45. The lowest BCUT2D eigenvalue weighted by Crippen LogP contribution is -2.64. The maximum absolute atomic E-state index is 12.7. The molecule has 1 aromatic carbocycles. The zero-order chi connectivity index (χ0) is 20.9. The first kappa shape index (κ1) is 20.5. The molecule has 0 N–H and O–H groups in total. The van der Waals surface area contributed by atoms with Gasteiger partial charge in [-0.15, -0.1) is 0 Å². The highest BCUT2D eigenvalue weighted by Crippen LogP contribution is 2.40. The van der Waals surface area contributed by atoms with Crippen LogP contribution in [0.25, 0.3) is 0 Å². The highest BCUT2D eigenvalue weighted by molar-refractivity contribution is 5.89. The van der Waals surface area contributed by atoms with Crippen LogP contribution in [0.15, 0.2) is 54.9 Å². The second kappa shape index (κ2) is 9.39. The molecule has 2 aliphatic rings. The number of amides is 2. The Labute approximate surface area is 177 Å². The Balaban J connectivity index is 1.29. The number of hydrogen-bond donors (Lipinski definition) is 0. The van der Waals surface area contributed by atoms with Gasteiger partial charge in [-0.1, -0.05) is 30.3 Å². The molecule has 0 spiro atoms. The zero-order valence-corrected chi connectivity index (χ0v) is 17.4. The number of aryl methyl sites for hydroxylation is 1. The molecule has 0 bridgehead atoms. The molecule has 30 heavy (non-hydrogen) atoms. The Morgan fingerprint density at radius 3 is 2.47 bits per heavy atom. The van der Waals surface area contributed by atoms with E-state index in [1.54, 1.807) is 19.5 Å². The van der Waals surface area contributed by atoms with Gasteiger partial charge in [-0.05, 0) is 48.9 Å². The normalized spacial score (nSPS) is 22.1. The number of aromatic nitrogens is 1. The maximum Gasteiger partial charge on any atom is 0.255 e. The third-order valence-corrected chi connectivity index (χ3v) is 6.30. The van der Waals surface area contributed by atoms with Crippen molar-refractivity contribution in [1.29, 1.82) is 0 Å². The van der Waals surface area contributed by atoms with Crippen LogP contribution < -0.4 is 0 Å². The van der Waals surface area contributed by atoms with Gasteiger partial charge in [-0.25, -0.2) is 0 Å². The molecule has 2 saturated heterocycles. The first-order valence-corrected chi connectivity index (χ1v) is 10.8. The van der Waals surface area contributed by atoms with Gasteiger partial charge in [0, 0.05) is 45.1 Å². The quantitative estimate of drug-likeness (QED) is 0.662. The van der Waals surface area contributed by atoms with Crippen molar-refractivity contribution >= 4 is 11.8 Å². The average Bonchev–Trinajstić information content (AvgIpc) is 2.79. The molecule has 2 amide bonds. The number of rotatable bonds is 7. The minimum atomic E-state index is -0.426. The van der Waals surface area contributed by atoms with Crippen LogP contribution in [-0.2, 0) is 20.7 Å². The second-order valence-corrected chi connectivity index (χ2v) is 8.08. The highest BCUT2D eigenvalue weighted by atomic mass is 16.5. The second-order valence-electron chi connectivity index (χ2n) is 8.08. The molecule has 0 aliphatic carbocycles. The number of β-lactam (4-membered cyclic amide) rings is 1. The van der Waals surface area contributed by atoms with Crippen molar-refractivity contribution in [1.82, 2.24) is 14.8 Å². The molecule has 2 aromatic rings. The molecule has 2 fully saturated rings. The van der Waals surface area contributed by atoms with Crippen LogP contribution in [0.4, 0.5) is 0 Å². The third-order valence-electron chi connectivity index (χ3n) is 6.30. The molecular formula is C24H29N3O3. The largest absolute Gasteiger partial charge is 0.369 e. The van der Waals surface area contributed by atoms with E-state index >= 15 is 0 Å². The van der Waals surface area contributed by atoms with E-state index in [1.807, 2.05) is 40.1 Å². The predicted molar refractivity (Wildman–Crippen MR) is 114 cm³/mol. The molecule has 0 radical (unpaired) electrons. The number of methoxy groups -OCH3 is 1. The van der Waals surface area contributed by atoms with E-state index in [2.05, 4.69) is 17.1 Å². The summed E-state index contributed by atoms with van der Waals surface area (Å²) in [6.07, 6.45) is 7.07. The molecule has 0 unspecified atom stereocenters. The lowest BCUT2D eigenvalue weighted by atomic mass is 9.86. The van der Waals surface area contributed by atoms with E-state index in [1.165, 1.54) is 5.56 Å². The van der Waals surface area contributed by atoms with Crippen molar-refractivity contribution in [3.63, 3.8) is 0 Å². The summed E-state index contributed by atoms with van der Waals surface area (Å²) in [7, 11) is 1.59. The first-order valence-electron chi connectivity index (χ1n) is 10.8. The fourth-order valence-corrected chi connectivity index (χ4v) is 4.66. The van der Waals surface area contributed by atoms with E-state index in [-0.39, 0.29) is 23.9 Å². The van der Waals surface area contributed by atoms with Gasteiger partial charge in [0.1, 0.15) is 0 Å². The van der Waals surface area contributed by atoms with Gasteiger partial charge in [0.05, 0.1) is 6.04 Å². The Morgan fingerprint density at radius 1 is 1.10 bits per heavy atom. The number of carbonyl (C=O) groups is 2. The maximum atomic E-state index is 12.7. The van der Waals surface area contributed by atoms with Gasteiger partial charge in [0.25, 0.3) is 5.91 Å². The van der Waals surface area contributed by atoms with Crippen molar-refractivity contribution in [3.05, 3.63) is 66.0 Å². The summed E-state index contributed by atoms with van der Waals surface area (Å²) in [6, 6.07) is 14.3. The SMILES string of the molecule is CO[C@H]1C(=O)N(C2CCN(C(=O)CCCc3ccccc3)CC2)[C@H]1c1ccncc1. The van der Waals surface area contributed by atoms with Gasteiger partial charge >= 0.3 is 0 Å². The summed E-state index contributed by atoms with van der Waals surface area (Å²) in [5, 5.41) is 0. The topological polar surface area (TPSA) is 62.7 Å². The summed E-state index contributed by atoms with van der Waals surface area (Å²) in [6.45, 7) is 1.42. The summed E-state index contributed by atoms with van der Waals surface area (Å²) in [5.74, 6) is 0.270. The Morgan fingerprint density at radius 2 is 1.80 bits per heavy atom. The zero-order valence-electron chi connectivity index (χ0n) is 17.4. The van der Waals surface area contributed by atoms with Crippen LogP contribution in [0.3, 0.4) is 0 Å². The van der Waals surface area contributed by atoms with Gasteiger partial charge in [0.15, 0.2) is 6.10 Å². The lowest BCUT2D eigenvalue weighted by molar-refractivity contribution is -0.178. The fraction of sp³-hybridized carbons (Fsp3) is 0.458. The summed E-state index contributed by atoms with van der Waals surface area (Å²) in [4.78, 5) is 33.3. The summed E-state index contributed by atoms with van der Waals surface area (Å²) in [5.41, 5.74) is 2.33. The van der Waals surface area contributed by atoms with Crippen molar-refractivity contribution in [2.75, 3.05) is 20.2 Å². The van der Waals surface area contributed by atoms with Crippen molar-refractivity contribution in [2.24, 2.45) is 0 Å². The predicted octanol–water partition coefficient (Wildman–Crippen LogP) is 2.99. The number of benzene rings is 1. The molecular weight excluding hydrogens is 378 g/mol. The van der Waals surface area contributed by atoms with Crippen LogP contribution in [0.5, 0.6) is 0 Å². The van der Waals surface area contributed by atoms with E-state index in [0.29, 0.717) is 19.5 Å². The molecule has 6 nitrogen and oxygen atoms in total. The van der Waals surface area contributed by atoms with E-state index < -0.39 is 6.10 Å². The van der Waals surface area contributed by atoms with E-state index in [4.69, 9.17) is 4.74 Å². The molecule has 2 atom stereocenters. The van der Waals surface area contributed by atoms with Gasteiger partial charge in [-0.3, -0.25) is 14.6 Å². The van der Waals surface area contributed by atoms with E-state index in [0.717, 1.165) is 31.2 Å². The number of carbonyl (C=O) groups excluding carboxylic acids is 2. The van der Waals surface area contributed by atoms with Crippen LogP contribution >= 0.6 is 0 Å². The Kier molecular flexibility index (Phi) is 6.43. The molecule has 2 aliphatic heterocycles. The van der Waals surface area contributed by atoms with Gasteiger partial charge < -0.3 is 14.5 Å². The first-order chi connectivity index (χ1) is 14.7. The molecule has 0 saturated carbocycles. The molecule has 3 heterocycles. The molecule has 4 rings (SSSR count). The number of hydrogen-bond acceptors (Lipinski definition) is 4. The van der Waals surface area contributed by atoms with Crippen molar-refractivity contribution in [3.8, 4) is 0 Å². The molecule has 158 valence electrons. The fourth-order valence-electron chi connectivity index (χ4n) is 4.66. The number of likely N-dealkylation sites (tertiary alicyclic amines) is 2. The number of piperidine rings is 1. The third kappa shape index (κ3) is 4.24. The van der Waals surface area contributed by atoms with Crippen LogP contribution in [0, 0.1) is 0 Å². The van der Waals surface area contributed by atoms with Crippen molar-refractivity contribution in [2.45, 2.75) is 50.3 Å². The average molecular weight is 408 g/mol. The Bertz CT molecular complexity index is 851. The van der Waals surface area contributed by atoms with Crippen LogP contribution in [-0.4, -0.2) is 58.9 Å². The van der Waals surface area contributed by atoms with Crippen LogP contribution in [0.2, 0.25) is 0 Å². The van der Waals surface area contributed by atoms with Crippen molar-refractivity contribution < 1.29 is 14.3 Å². The monoisotopic (exact) mass is 407 g/mol. The number of nitrogens with zero attached hydrogens (tertiary/aromatic N) is 3. The minimum Gasteiger partial charge on any atom is -0.369 e. The molecule has 6 heteroatoms. The number of ether oxygens (including phenoxy) is 1. The lowest BCUT2D eigenvalue weighted by Gasteiger charge is -2.52. The van der Waals surface area contributed by atoms with E-state index in [9.17, 15) is 9.59 Å². The minimum absolute atomic E-state index is 0.0481. The van der Waals surface area contributed by atoms with Crippen LogP contribution in [0.1, 0.15) is 42.9 Å².